The summed E-state index contributed by atoms with van der Waals surface area (Å²) < 4.78 is 1.48. The zero-order valence-corrected chi connectivity index (χ0v) is 14.5. The molecule has 0 aliphatic carbocycles. The highest BCUT2D eigenvalue weighted by Crippen LogP contribution is 2.37. The van der Waals surface area contributed by atoms with Crippen LogP contribution in [0.2, 0.25) is 0 Å². The first-order valence-electron chi connectivity index (χ1n) is 8.59. The van der Waals surface area contributed by atoms with Crippen molar-refractivity contribution in [3.63, 3.8) is 0 Å². The van der Waals surface area contributed by atoms with Crippen molar-refractivity contribution >= 4 is 0 Å². The van der Waals surface area contributed by atoms with E-state index in [2.05, 4.69) is 20.1 Å². The predicted molar refractivity (Wildman–Crippen MR) is 101 cm³/mol. The van der Waals surface area contributed by atoms with Crippen molar-refractivity contribution < 1.29 is 0 Å². The van der Waals surface area contributed by atoms with Crippen molar-refractivity contribution in [1.82, 2.24) is 24.7 Å². The molecule has 27 heavy (non-hydrogen) atoms. The zero-order valence-electron chi connectivity index (χ0n) is 14.5. The normalized spacial score (nSPS) is 12.0. The highest BCUT2D eigenvalue weighted by Gasteiger charge is 2.31. The summed E-state index contributed by atoms with van der Waals surface area (Å²) in [6.07, 6.45) is 10.4. The standard InChI is InChI=1S/C21H17N5O/c27-19-9-5-13-25-26(19)21(18-8-1-2-12-24-18)20(16-6-3-10-22-14-16)17-7-4-11-23-15-17/h1-15,20-21H. The van der Waals surface area contributed by atoms with Crippen LogP contribution in [0.15, 0.2) is 96.6 Å². The van der Waals surface area contributed by atoms with Gasteiger partial charge in [-0.3, -0.25) is 19.7 Å². The summed E-state index contributed by atoms with van der Waals surface area (Å²) in [5.74, 6) is -0.227. The fraction of sp³-hybridized carbons (Fsp3) is 0.0952. The van der Waals surface area contributed by atoms with Gasteiger partial charge in [0, 0.05) is 49.2 Å². The van der Waals surface area contributed by atoms with Crippen LogP contribution < -0.4 is 5.56 Å². The summed E-state index contributed by atoms with van der Waals surface area (Å²) in [4.78, 5) is 25.7. The minimum absolute atomic E-state index is 0.189. The molecule has 0 radical (unpaired) electrons. The van der Waals surface area contributed by atoms with E-state index in [4.69, 9.17) is 0 Å². The van der Waals surface area contributed by atoms with Crippen molar-refractivity contribution in [1.29, 1.82) is 0 Å². The number of hydrogen-bond donors (Lipinski definition) is 0. The molecule has 0 bridgehead atoms. The quantitative estimate of drug-likeness (QED) is 0.550. The van der Waals surface area contributed by atoms with Crippen LogP contribution in [-0.4, -0.2) is 24.7 Å². The Kier molecular flexibility index (Phi) is 4.78. The van der Waals surface area contributed by atoms with Gasteiger partial charge in [0.1, 0.15) is 6.04 Å². The van der Waals surface area contributed by atoms with Gasteiger partial charge >= 0.3 is 0 Å². The molecule has 0 aromatic carbocycles. The lowest BCUT2D eigenvalue weighted by molar-refractivity contribution is 0.441. The van der Waals surface area contributed by atoms with Crippen molar-refractivity contribution in [2.24, 2.45) is 0 Å². The average molecular weight is 355 g/mol. The summed E-state index contributed by atoms with van der Waals surface area (Å²) in [5.41, 5.74) is 2.47. The molecule has 4 heterocycles. The molecule has 0 aliphatic heterocycles. The highest BCUT2D eigenvalue weighted by atomic mass is 16.1. The number of rotatable bonds is 5. The predicted octanol–water partition coefficient (Wildman–Crippen LogP) is 2.85. The van der Waals surface area contributed by atoms with Gasteiger partial charge in [-0.2, -0.15) is 5.10 Å². The van der Waals surface area contributed by atoms with Crippen LogP contribution in [0.4, 0.5) is 0 Å². The van der Waals surface area contributed by atoms with Crippen LogP contribution in [0.5, 0.6) is 0 Å². The highest BCUT2D eigenvalue weighted by molar-refractivity contribution is 5.34. The molecular weight excluding hydrogens is 338 g/mol. The molecule has 6 heteroatoms. The Labute approximate surface area is 156 Å². The second kappa shape index (κ2) is 7.70. The maximum atomic E-state index is 12.6. The van der Waals surface area contributed by atoms with Crippen LogP contribution in [0, 0.1) is 0 Å². The van der Waals surface area contributed by atoms with Crippen LogP contribution in [-0.2, 0) is 0 Å². The Hall–Kier alpha value is -3.67. The van der Waals surface area contributed by atoms with Gasteiger partial charge in [0.15, 0.2) is 0 Å². The van der Waals surface area contributed by atoms with Gasteiger partial charge in [-0.05, 0) is 41.5 Å². The molecule has 0 N–H and O–H groups in total. The minimum atomic E-state index is -0.437. The average Bonchev–Trinajstić information content (AvgIpc) is 2.74. The Morgan fingerprint density at radius 3 is 2.00 bits per heavy atom. The SMILES string of the molecule is O=c1cccnn1C(c1ccccn1)C(c1cccnc1)c1cccnc1. The molecule has 4 aromatic heterocycles. The van der Waals surface area contributed by atoms with Gasteiger partial charge in [0.2, 0.25) is 0 Å². The van der Waals surface area contributed by atoms with E-state index in [9.17, 15) is 4.79 Å². The van der Waals surface area contributed by atoms with Crippen molar-refractivity contribution in [3.05, 3.63) is 119 Å². The van der Waals surface area contributed by atoms with E-state index in [1.54, 1.807) is 30.9 Å². The summed E-state index contributed by atoms with van der Waals surface area (Å²) in [5, 5.41) is 4.35. The minimum Gasteiger partial charge on any atom is -0.268 e. The lowest BCUT2D eigenvalue weighted by Crippen LogP contribution is -2.32. The van der Waals surface area contributed by atoms with E-state index in [0.29, 0.717) is 0 Å². The molecule has 132 valence electrons. The topological polar surface area (TPSA) is 73.6 Å². The molecule has 0 amide bonds. The lowest BCUT2D eigenvalue weighted by Gasteiger charge is -2.28. The molecular formula is C21H17N5O. The van der Waals surface area contributed by atoms with Crippen LogP contribution in [0.3, 0.4) is 0 Å². The third kappa shape index (κ3) is 3.50. The Balaban J connectivity index is 1.98. The molecule has 1 atom stereocenters. The molecule has 0 spiro atoms. The molecule has 0 saturated carbocycles. The largest absolute Gasteiger partial charge is 0.268 e. The number of pyridine rings is 3. The van der Waals surface area contributed by atoms with Crippen molar-refractivity contribution in [2.75, 3.05) is 0 Å². The van der Waals surface area contributed by atoms with Crippen LogP contribution >= 0.6 is 0 Å². The lowest BCUT2D eigenvalue weighted by atomic mass is 9.85. The Morgan fingerprint density at radius 1 is 0.741 bits per heavy atom. The first kappa shape index (κ1) is 16.8. The van der Waals surface area contributed by atoms with Crippen molar-refractivity contribution in [2.45, 2.75) is 12.0 Å². The second-order valence-corrected chi connectivity index (χ2v) is 6.06. The van der Waals surface area contributed by atoms with E-state index in [1.807, 2.05) is 54.9 Å². The van der Waals surface area contributed by atoms with Gasteiger partial charge < -0.3 is 0 Å². The van der Waals surface area contributed by atoms with E-state index in [1.165, 1.54) is 10.7 Å². The smallest absolute Gasteiger partial charge is 0.267 e. The van der Waals surface area contributed by atoms with Crippen LogP contribution in [0.1, 0.15) is 28.8 Å². The first-order chi connectivity index (χ1) is 13.3. The van der Waals surface area contributed by atoms with Gasteiger partial charge in [-0.15, -0.1) is 0 Å². The van der Waals surface area contributed by atoms with Gasteiger partial charge in [0.05, 0.1) is 5.69 Å². The third-order valence-corrected chi connectivity index (χ3v) is 4.40. The van der Waals surface area contributed by atoms with E-state index >= 15 is 0 Å². The Morgan fingerprint density at radius 2 is 1.44 bits per heavy atom. The van der Waals surface area contributed by atoms with Gasteiger partial charge in [-0.25, -0.2) is 4.68 Å². The second-order valence-electron chi connectivity index (χ2n) is 6.06. The number of hydrogen-bond acceptors (Lipinski definition) is 5. The fourth-order valence-corrected chi connectivity index (χ4v) is 3.24. The van der Waals surface area contributed by atoms with E-state index in [0.717, 1.165) is 16.8 Å². The summed E-state index contributed by atoms with van der Waals surface area (Å²) in [6.45, 7) is 0. The maximum absolute atomic E-state index is 12.6. The first-order valence-corrected chi connectivity index (χ1v) is 8.59. The van der Waals surface area contributed by atoms with E-state index in [-0.39, 0.29) is 11.5 Å². The molecule has 0 saturated heterocycles. The van der Waals surface area contributed by atoms with Gasteiger partial charge in [0.25, 0.3) is 5.56 Å². The van der Waals surface area contributed by atoms with Gasteiger partial charge in [-0.1, -0.05) is 18.2 Å². The summed E-state index contributed by atoms with van der Waals surface area (Å²) >= 11 is 0. The van der Waals surface area contributed by atoms with Crippen molar-refractivity contribution in [3.8, 4) is 0 Å². The summed E-state index contributed by atoms with van der Waals surface area (Å²) in [6, 6.07) is 16.1. The maximum Gasteiger partial charge on any atom is 0.267 e. The Bertz CT molecular complexity index is 1010. The molecule has 0 aliphatic rings. The summed E-state index contributed by atoms with van der Waals surface area (Å²) in [7, 11) is 0. The number of aromatic nitrogens is 5. The molecule has 4 rings (SSSR count). The zero-order chi connectivity index (χ0) is 18.5. The molecule has 4 aromatic rings. The third-order valence-electron chi connectivity index (χ3n) is 4.40. The monoisotopic (exact) mass is 355 g/mol. The molecule has 6 nitrogen and oxygen atoms in total. The molecule has 1 unspecified atom stereocenters. The van der Waals surface area contributed by atoms with Crippen LogP contribution in [0.25, 0.3) is 0 Å². The molecule has 0 fully saturated rings. The fourth-order valence-electron chi connectivity index (χ4n) is 3.24. The number of nitrogens with zero attached hydrogens (tertiary/aromatic N) is 5. The van der Waals surface area contributed by atoms with E-state index < -0.39 is 6.04 Å².